The van der Waals surface area contributed by atoms with E-state index < -0.39 is 18.1 Å². The Bertz CT molecular complexity index is 433. The first-order chi connectivity index (χ1) is 11.0. The van der Waals surface area contributed by atoms with Gasteiger partial charge in [-0.25, -0.2) is 4.79 Å². The van der Waals surface area contributed by atoms with Gasteiger partial charge >= 0.3 is 5.97 Å². The Hall–Kier alpha value is -1.24. The van der Waals surface area contributed by atoms with E-state index in [0.717, 1.165) is 0 Å². The normalized spacial score (nSPS) is 14.0. The van der Waals surface area contributed by atoms with Crippen molar-refractivity contribution in [3.05, 3.63) is 0 Å². The van der Waals surface area contributed by atoms with Gasteiger partial charge in [-0.1, -0.05) is 41.5 Å². The van der Waals surface area contributed by atoms with Crippen LogP contribution in [0.5, 0.6) is 0 Å². The van der Waals surface area contributed by atoms with Crippen LogP contribution in [0.2, 0.25) is 0 Å². The van der Waals surface area contributed by atoms with Crippen LogP contribution in [0, 0.1) is 5.92 Å². The molecule has 24 heavy (non-hydrogen) atoms. The molecule has 0 saturated heterocycles. The molecule has 2 atom stereocenters. The Labute approximate surface area is 149 Å². The van der Waals surface area contributed by atoms with Crippen LogP contribution in [0.4, 0.5) is 0 Å². The Kier molecular flexibility index (Phi) is 10.0. The monoisotopic (exact) mass is 360 g/mol. The highest BCUT2D eigenvalue weighted by Gasteiger charge is 2.30. The maximum Gasteiger partial charge on any atom is 0.329 e. The Morgan fingerprint density at radius 3 is 2.08 bits per heavy atom. The van der Waals surface area contributed by atoms with Gasteiger partial charge in [0.25, 0.3) is 0 Å². The van der Waals surface area contributed by atoms with E-state index in [2.05, 4.69) is 10.6 Å². The summed E-state index contributed by atoms with van der Waals surface area (Å²) in [4.78, 5) is 36.3. The molecule has 0 unspecified atom stereocenters. The fourth-order valence-corrected chi connectivity index (χ4v) is 2.70. The van der Waals surface area contributed by atoms with Gasteiger partial charge in [-0.05, 0) is 12.8 Å². The summed E-state index contributed by atoms with van der Waals surface area (Å²) >= 11 is 1.57. The number of amides is 2. The molecule has 0 aromatic carbocycles. The topological polar surface area (TPSA) is 84.5 Å². The van der Waals surface area contributed by atoms with Crippen LogP contribution in [0.1, 0.15) is 54.9 Å². The minimum Gasteiger partial charge on any atom is -0.464 e. The molecular weight excluding hydrogens is 328 g/mol. The number of esters is 1. The summed E-state index contributed by atoms with van der Waals surface area (Å²) in [6.45, 7) is 13.5. The van der Waals surface area contributed by atoms with Crippen LogP contribution in [0.3, 0.4) is 0 Å². The third kappa shape index (κ3) is 9.15. The Balaban J connectivity index is 5.03. The van der Waals surface area contributed by atoms with Crippen molar-refractivity contribution >= 4 is 29.5 Å². The van der Waals surface area contributed by atoms with Crippen LogP contribution in [-0.2, 0) is 19.1 Å². The van der Waals surface area contributed by atoms with E-state index in [1.54, 1.807) is 25.6 Å². The summed E-state index contributed by atoms with van der Waals surface area (Å²) in [5.74, 6) is -0.675. The van der Waals surface area contributed by atoms with Crippen LogP contribution in [0.25, 0.3) is 0 Å². The first-order valence-electron chi connectivity index (χ1n) is 8.42. The largest absolute Gasteiger partial charge is 0.464 e. The zero-order valence-electron chi connectivity index (χ0n) is 15.9. The maximum atomic E-state index is 12.5. The van der Waals surface area contributed by atoms with Gasteiger partial charge in [-0.2, -0.15) is 11.8 Å². The van der Waals surface area contributed by atoms with E-state index in [1.165, 1.54) is 0 Å². The average Bonchev–Trinajstić information content (AvgIpc) is 2.47. The predicted molar refractivity (Wildman–Crippen MR) is 97.8 cm³/mol. The van der Waals surface area contributed by atoms with E-state index in [0.29, 0.717) is 12.2 Å². The Morgan fingerprint density at radius 2 is 1.67 bits per heavy atom. The fraction of sp³-hybridized carbons (Fsp3) is 0.824. The summed E-state index contributed by atoms with van der Waals surface area (Å²) in [7, 11) is 0. The molecule has 7 heteroatoms. The highest BCUT2D eigenvalue weighted by atomic mass is 32.2. The fourth-order valence-electron chi connectivity index (χ4n) is 1.82. The molecule has 2 amide bonds. The second-order valence-corrected chi connectivity index (χ2v) is 8.73. The number of ether oxygens (including phenoxy) is 1. The smallest absolute Gasteiger partial charge is 0.329 e. The molecule has 0 heterocycles. The number of carbonyl (C=O) groups excluding carboxylic acids is 3. The van der Waals surface area contributed by atoms with Gasteiger partial charge in [0, 0.05) is 16.9 Å². The molecule has 0 aromatic rings. The van der Waals surface area contributed by atoms with E-state index in [4.69, 9.17) is 4.74 Å². The summed E-state index contributed by atoms with van der Waals surface area (Å²) < 4.78 is 5.02. The zero-order valence-corrected chi connectivity index (χ0v) is 16.7. The molecule has 140 valence electrons. The number of thioether (sulfide) groups is 1. The van der Waals surface area contributed by atoms with Gasteiger partial charge in [0.1, 0.15) is 12.1 Å². The maximum absolute atomic E-state index is 12.5. The molecule has 0 spiro atoms. The van der Waals surface area contributed by atoms with Crippen LogP contribution < -0.4 is 10.6 Å². The molecule has 0 aliphatic rings. The summed E-state index contributed by atoms with van der Waals surface area (Å²) in [6.07, 6.45) is 0.303. The number of nitrogens with one attached hydrogen (secondary N) is 2. The third-order valence-corrected chi connectivity index (χ3v) is 4.52. The van der Waals surface area contributed by atoms with Crippen LogP contribution in [-0.4, -0.2) is 47.0 Å². The molecule has 6 nitrogen and oxygen atoms in total. The average molecular weight is 361 g/mol. The standard InChI is InChI=1S/C17H32N2O4S/c1-8-13(20)19-14(11(3)4)15(21)18-12(16(22)23-9-2)10-24-17(5,6)7/h11-12,14H,8-10H2,1-7H3,(H,18,21)(H,19,20)/t12-,14-/m0/s1. The van der Waals surface area contributed by atoms with E-state index in [1.807, 2.05) is 34.6 Å². The predicted octanol–water partition coefficient (Wildman–Crippen LogP) is 2.12. The molecule has 0 rings (SSSR count). The zero-order chi connectivity index (χ0) is 18.9. The molecule has 0 saturated carbocycles. The van der Waals surface area contributed by atoms with Crippen molar-refractivity contribution in [1.29, 1.82) is 0 Å². The quantitative estimate of drug-likeness (QED) is 0.615. The first-order valence-corrected chi connectivity index (χ1v) is 9.40. The molecule has 0 radical (unpaired) electrons. The highest BCUT2D eigenvalue weighted by molar-refractivity contribution is 8.00. The van der Waals surface area contributed by atoms with Crippen molar-refractivity contribution in [2.75, 3.05) is 12.4 Å². The lowest BCUT2D eigenvalue weighted by molar-refractivity contribution is -0.147. The van der Waals surface area contributed by atoms with Gasteiger partial charge in [-0.3, -0.25) is 9.59 Å². The van der Waals surface area contributed by atoms with Crippen molar-refractivity contribution in [2.24, 2.45) is 5.92 Å². The highest BCUT2D eigenvalue weighted by Crippen LogP contribution is 2.24. The lowest BCUT2D eigenvalue weighted by atomic mass is 10.0. The lowest BCUT2D eigenvalue weighted by Gasteiger charge is -2.26. The molecule has 2 N–H and O–H groups in total. The molecular formula is C17H32N2O4S. The third-order valence-electron chi connectivity index (χ3n) is 3.16. The second kappa shape index (κ2) is 10.6. The van der Waals surface area contributed by atoms with Crippen molar-refractivity contribution < 1.29 is 19.1 Å². The van der Waals surface area contributed by atoms with E-state index in [-0.39, 0.29) is 29.1 Å². The first kappa shape index (κ1) is 22.8. The van der Waals surface area contributed by atoms with Gasteiger partial charge in [-0.15, -0.1) is 0 Å². The lowest BCUT2D eigenvalue weighted by Crippen LogP contribution is -2.54. The summed E-state index contributed by atoms with van der Waals surface area (Å²) in [6, 6.07) is -1.41. The minimum atomic E-state index is -0.735. The Morgan fingerprint density at radius 1 is 1.08 bits per heavy atom. The molecule has 0 aliphatic carbocycles. The SMILES string of the molecule is CCOC(=O)[C@H](CSC(C)(C)C)NC(=O)[C@@H](NC(=O)CC)C(C)C. The number of rotatable bonds is 9. The summed E-state index contributed by atoms with van der Waals surface area (Å²) in [5, 5.41) is 5.44. The second-order valence-electron chi connectivity index (χ2n) is 6.88. The number of carbonyl (C=O) groups is 3. The number of hydrogen-bond donors (Lipinski definition) is 2. The van der Waals surface area contributed by atoms with Crippen LogP contribution >= 0.6 is 11.8 Å². The molecule has 0 aromatic heterocycles. The summed E-state index contributed by atoms with van der Waals surface area (Å²) in [5.41, 5.74) is 0. The molecule has 0 fully saturated rings. The van der Waals surface area contributed by atoms with Crippen molar-refractivity contribution in [3.63, 3.8) is 0 Å². The van der Waals surface area contributed by atoms with Crippen LogP contribution in [0.15, 0.2) is 0 Å². The molecule has 0 bridgehead atoms. The van der Waals surface area contributed by atoms with E-state index >= 15 is 0 Å². The van der Waals surface area contributed by atoms with Crippen molar-refractivity contribution in [3.8, 4) is 0 Å². The number of hydrogen-bond acceptors (Lipinski definition) is 5. The van der Waals surface area contributed by atoms with Gasteiger partial charge < -0.3 is 15.4 Å². The molecule has 0 aliphatic heterocycles. The van der Waals surface area contributed by atoms with Gasteiger partial charge in [0.05, 0.1) is 6.61 Å². The van der Waals surface area contributed by atoms with Gasteiger partial charge in [0.2, 0.25) is 11.8 Å². The van der Waals surface area contributed by atoms with Crippen molar-refractivity contribution in [2.45, 2.75) is 71.7 Å². The minimum absolute atomic E-state index is 0.0383. The van der Waals surface area contributed by atoms with E-state index in [9.17, 15) is 14.4 Å². The van der Waals surface area contributed by atoms with Crippen molar-refractivity contribution in [1.82, 2.24) is 10.6 Å². The van der Waals surface area contributed by atoms with Gasteiger partial charge in [0.15, 0.2) is 0 Å².